The molecule has 3 atom stereocenters. The van der Waals surface area contributed by atoms with Gasteiger partial charge < -0.3 is 14.5 Å². The van der Waals surface area contributed by atoms with E-state index in [1.165, 1.54) is 0 Å². The van der Waals surface area contributed by atoms with Crippen LogP contribution in [0.25, 0.3) is 0 Å². The van der Waals surface area contributed by atoms with Crippen LogP contribution in [0.1, 0.15) is 29.8 Å². The van der Waals surface area contributed by atoms with Crippen LogP contribution in [0.4, 0.5) is 0 Å². The quantitative estimate of drug-likeness (QED) is 0.905. The normalized spacial score (nSPS) is 31.9. The highest BCUT2D eigenvalue weighted by atomic mass is 79.9. The molecule has 1 N–H and O–H groups in total. The summed E-state index contributed by atoms with van der Waals surface area (Å²) < 4.78 is 11.4. The zero-order chi connectivity index (χ0) is 11.1. The Balaban J connectivity index is 1.65. The van der Waals surface area contributed by atoms with Crippen LogP contribution < -0.4 is 5.32 Å². The zero-order valence-corrected chi connectivity index (χ0v) is 10.2. The van der Waals surface area contributed by atoms with Gasteiger partial charge in [0.1, 0.15) is 0 Å². The number of nitrogens with one attached hydrogen (secondary N) is 1. The molecule has 2 aliphatic rings. The highest BCUT2D eigenvalue weighted by Gasteiger charge is 2.41. The Morgan fingerprint density at radius 1 is 1.44 bits per heavy atom. The summed E-state index contributed by atoms with van der Waals surface area (Å²) in [6.45, 7) is 0. The first kappa shape index (κ1) is 10.4. The average molecular weight is 286 g/mol. The molecule has 3 heterocycles. The maximum absolute atomic E-state index is 11.8. The lowest BCUT2D eigenvalue weighted by Gasteiger charge is -2.19. The first-order chi connectivity index (χ1) is 7.72. The van der Waals surface area contributed by atoms with Crippen molar-refractivity contribution < 1.29 is 13.9 Å². The van der Waals surface area contributed by atoms with Gasteiger partial charge in [-0.3, -0.25) is 4.79 Å². The van der Waals surface area contributed by atoms with Gasteiger partial charge in [0.05, 0.1) is 18.2 Å². The average Bonchev–Trinajstić information content (AvgIpc) is 2.92. The van der Waals surface area contributed by atoms with E-state index in [1.54, 1.807) is 12.1 Å². The second-order valence-electron chi connectivity index (χ2n) is 4.29. The molecule has 0 aromatic carbocycles. The van der Waals surface area contributed by atoms with E-state index in [0.29, 0.717) is 16.5 Å². The molecule has 4 nitrogen and oxygen atoms in total. The van der Waals surface area contributed by atoms with Gasteiger partial charge in [0.25, 0.3) is 5.91 Å². The Morgan fingerprint density at radius 3 is 2.88 bits per heavy atom. The third-order valence-corrected chi connectivity index (χ3v) is 3.65. The van der Waals surface area contributed by atoms with E-state index in [9.17, 15) is 4.79 Å². The molecule has 5 heteroatoms. The predicted molar refractivity (Wildman–Crippen MR) is 60.2 cm³/mol. The highest BCUT2D eigenvalue weighted by Crippen LogP contribution is 2.34. The summed E-state index contributed by atoms with van der Waals surface area (Å²) in [6.07, 6.45) is 3.66. The molecular weight excluding hydrogens is 274 g/mol. The van der Waals surface area contributed by atoms with E-state index in [1.807, 2.05) is 0 Å². The first-order valence-corrected chi connectivity index (χ1v) is 6.23. The molecule has 3 unspecified atom stereocenters. The molecule has 2 saturated heterocycles. The van der Waals surface area contributed by atoms with Crippen LogP contribution in [0.5, 0.6) is 0 Å². The second-order valence-corrected chi connectivity index (χ2v) is 5.07. The summed E-state index contributed by atoms with van der Waals surface area (Å²) in [5.74, 6) is 0.182. The molecule has 2 aliphatic heterocycles. The molecule has 1 amide bonds. The van der Waals surface area contributed by atoms with Gasteiger partial charge in [0, 0.05) is 0 Å². The first-order valence-electron chi connectivity index (χ1n) is 5.44. The van der Waals surface area contributed by atoms with Crippen LogP contribution in [-0.2, 0) is 4.74 Å². The van der Waals surface area contributed by atoms with Gasteiger partial charge in [0.15, 0.2) is 10.4 Å². The molecule has 0 saturated carbocycles. The van der Waals surface area contributed by atoms with Gasteiger partial charge in [-0.1, -0.05) is 0 Å². The van der Waals surface area contributed by atoms with Crippen molar-refractivity contribution >= 4 is 21.8 Å². The van der Waals surface area contributed by atoms with E-state index < -0.39 is 0 Å². The van der Waals surface area contributed by atoms with Crippen LogP contribution in [0.2, 0.25) is 0 Å². The zero-order valence-electron chi connectivity index (χ0n) is 8.61. The van der Waals surface area contributed by atoms with Gasteiger partial charge in [0.2, 0.25) is 0 Å². The number of carbonyl (C=O) groups is 1. The van der Waals surface area contributed by atoms with Gasteiger partial charge in [-0.15, -0.1) is 0 Å². The molecule has 1 aromatic rings. The molecule has 2 bridgehead atoms. The third kappa shape index (κ3) is 1.78. The molecule has 16 heavy (non-hydrogen) atoms. The van der Waals surface area contributed by atoms with Gasteiger partial charge >= 0.3 is 0 Å². The number of carbonyl (C=O) groups excluding carboxylic acids is 1. The van der Waals surface area contributed by atoms with E-state index in [2.05, 4.69) is 21.2 Å². The standard InChI is InChI=1S/C11H12BrNO3/c12-10-4-3-9(16-10)11(14)13-7-5-6-1-2-8(7)15-6/h3-4,6-8H,1-2,5H2,(H,13,14). The number of rotatable bonds is 2. The molecular formula is C11H12BrNO3. The van der Waals surface area contributed by atoms with Crippen LogP contribution in [0.15, 0.2) is 21.2 Å². The fourth-order valence-corrected chi connectivity index (χ4v) is 2.77. The second kappa shape index (κ2) is 3.89. The Bertz CT molecular complexity index is 417. The van der Waals surface area contributed by atoms with E-state index in [0.717, 1.165) is 19.3 Å². The van der Waals surface area contributed by atoms with Gasteiger partial charge in [-0.2, -0.15) is 0 Å². The van der Waals surface area contributed by atoms with Crippen LogP contribution in [0, 0.1) is 0 Å². The molecule has 0 spiro atoms. The number of fused-ring (bicyclic) bond motifs is 2. The summed E-state index contributed by atoms with van der Waals surface area (Å²) in [7, 11) is 0. The topological polar surface area (TPSA) is 51.5 Å². The number of halogens is 1. The lowest BCUT2D eigenvalue weighted by atomic mass is 9.95. The van der Waals surface area contributed by atoms with Crippen LogP contribution in [0.3, 0.4) is 0 Å². The van der Waals surface area contributed by atoms with Crippen molar-refractivity contribution in [3.63, 3.8) is 0 Å². The summed E-state index contributed by atoms with van der Waals surface area (Å²) in [6, 6.07) is 3.52. The number of amides is 1. The van der Waals surface area contributed by atoms with E-state index in [4.69, 9.17) is 9.15 Å². The maximum Gasteiger partial charge on any atom is 0.287 e. The minimum absolute atomic E-state index is 0.148. The van der Waals surface area contributed by atoms with E-state index >= 15 is 0 Å². The number of furan rings is 1. The molecule has 0 aliphatic carbocycles. The lowest BCUT2D eigenvalue weighted by molar-refractivity contribution is 0.0820. The maximum atomic E-state index is 11.8. The van der Waals surface area contributed by atoms with Crippen molar-refractivity contribution in [1.29, 1.82) is 0 Å². The van der Waals surface area contributed by atoms with Crippen molar-refractivity contribution in [3.8, 4) is 0 Å². The lowest BCUT2D eigenvalue weighted by Crippen LogP contribution is -2.41. The van der Waals surface area contributed by atoms with Crippen molar-refractivity contribution in [2.45, 2.75) is 37.5 Å². The third-order valence-electron chi connectivity index (χ3n) is 3.22. The van der Waals surface area contributed by atoms with E-state index in [-0.39, 0.29) is 18.1 Å². The number of ether oxygens (including phenoxy) is 1. The summed E-state index contributed by atoms with van der Waals surface area (Å²) in [5.41, 5.74) is 0. The van der Waals surface area contributed by atoms with Crippen molar-refractivity contribution in [2.75, 3.05) is 0 Å². The van der Waals surface area contributed by atoms with Crippen molar-refractivity contribution in [1.82, 2.24) is 5.32 Å². The van der Waals surface area contributed by atoms with Gasteiger partial charge in [-0.25, -0.2) is 0 Å². The Labute approximate surface area is 101 Å². The van der Waals surface area contributed by atoms with Crippen molar-refractivity contribution in [2.24, 2.45) is 0 Å². The monoisotopic (exact) mass is 285 g/mol. The van der Waals surface area contributed by atoms with Crippen LogP contribution >= 0.6 is 15.9 Å². The van der Waals surface area contributed by atoms with Crippen LogP contribution in [-0.4, -0.2) is 24.2 Å². The molecule has 1 aromatic heterocycles. The van der Waals surface area contributed by atoms with Crippen molar-refractivity contribution in [3.05, 3.63) is 22.6 Å². The Hall–Kier alpha value is -0.810. The minimum Gasteiger partial charge on any atom is -0.444 e. The van der Waals surface area contributed by atoms with Gasteiger partial charge in [-0.05, 0) is 47.3 Å². The number of hydrogen-bond acceptors (Lipinski definition) is 3. The Morgan fingerprint density at radius 2 is 2.31 bits per heavy atom. The predicted octanol–water partition coefficient (Wildman–Crippen LogP) is 2.09. The SMILES string of the molecule is O=C(NC1CC2CCC1O2)c1ccc(Br)o1. The minimum atomic E-state index is -0.160. The largest absolute Gasteiger partial charge is 0.444 e. The summed E-state index contributed by atoms with van der Waals surface area (Å²) in [4.78, 5) is 11.8. The molecule has 86 valence electrons. The Kier molecular flexibility index (Phi) is 2.52. The fraction of sp³-hybridized carbons (Fsp3) is 0.545. The molecule has 0 radical (unpaired) electrons. The molecule has 3 rings (SSSR count). The number of hydrogen-bond donors (Lipinski definition) is 1. The summed E-state index contributed by atoms with van der Waals surface area (Å²) >= 11 is 3.17. The fourth-order valence-electron chi connectivity index (χ4n) is 2.47. The smallest absolute Gasteiger partial charge is 0.287 e. The highest BCUT2D eigenvalue weighted by molar-refractivity contribution is 9.10. The summed E-state index contributed by atoms with van der Waals surface area (Å²) in [5, 5.41) is 2.96. The molecule has 2 fully saturated rings.